The minimum atomic E-state index is -1.12. The minimum absolute atomic E-state index is 0.125. The molecule has 0 spiro atoms. The standard InChI is InChI=1S/C12H24FNO/c1-10(13)15-11-8-14(9-11)7-5-6-12(2,3)4/h10-11H,5-9H2,1-4H3. The van der Waals surface area contributed by atoms with E-state index < -0.39 is 6.36 Å². The topological polar surface area (TPSA) is 12.5 Å². The molecule has 0 aromatic rings. The van der Waals surface area contributed by atoms with E-state index in [1.165, 1.54) is 19.8 Å². The smallest absolute Gasteiger partial charge is 0.196 e. The third-order valence-corrected chi connectivity index (χ3v) is 2.70. The van der Waals surface area contributed by atoms with Crippen LogP contribution in [0.1, 0.15) is 40.5 Å². The Bertz CT molecular complexity index is 183. The molecular formula is C12H24FNO. The van der Waals surface area contributed by atoms with Crippen molar-refractivity contribution in [2.45, 2.75) is 53.0 Å². The Labute approximate surface area is 92.8 Å². The van der Waals surface area contributed by atoms with E-state index in [1.807, 2.05) is 0 Å². The average Bonchev–Trinajstić information content (AvgIpc) is 1.96. The molecule has 15 heavy (non-hydrogen) atoms. The van der Waals surface area contributed by atoms with Crippen molar-refractivity contribution in [3.63, 3.8) is 0 Å². The normalized spacial score (nSPS) is 21.4. The zero-order valence-electron chi connectivity index (χ0n) is 10.4. The van der Waals surface area contributed by atoms with Crippen LogP contribution in [0.25, 0.3) is 0 Å². The monoisotopic (exact) mass is 217 g/mol. The molecule has 1 aliphatic heterocycles. The summed E-state index contributed by atoms with van der Waals surface area (Å²) >= 11 is 0. The van der Waals surface area contributed by atoms with Gasteiger partial charge in [-0.15, -0.1) is 0 Å². The fourth-order valence-corrected chi connectivity index (χ4v) is 1.89. The number of hydrogen-bond acceptors (Lipinski definition) is 2. The highest BCUT2D eigenvalue weighted by Gasteiger charge is 2.28. The van der Waals surface area contributed by atoms with Gasteiger partial charge in [0.2, 0.25) is 0 Å². The summed E-state index contributed by atoms with van der Waals surface area (Å²) in [7, 11) is 0. The Morgan fingerprint density at radius 1 is 1.40 bits per heavy atom. The average molecular weight is 217 g/mol. The van der Waals surface area contributed by atoms with Crippen LogP contribution in [0, 0.1) is 5.41 Å². The molecule has 1 aliphatic rings. The van der Waals surface area contributed by atoms with E-state index in [-0.39, 0.29) is 6.10 Å². The zero-order chi connectivity index (χ0) is 11.5. The van der Waals surface area contributed by atoms with E-state index in [0.29, 0.717) is 5.41 Å². The second-order valence-corrected chi connectivity index (χ2v) is 5.72. The molecule has 1 rings (SSSR count). The van der Waals surface area contributed by atoms with Gasteiger partial charge in [-0.05, 0) is 31.7 Å². The van der Waals surface area contributed by atoms with Crippen molar-refractivity contribution < 1.29 is 9.13 Å². The summed E-state index contributed by atoms with van der Waals surface area (Å²) in [4.78, 5) is 2.33. The van der Waals surface area contributed by atoms with E-state index in [9.17, 15) is 4.39 Å². The van der Waals surface area contributed by atoms with Crippen LogP contribution in [0.15, 0.2) is 0 Å². The predicted molar refractivity (Wildman–Crippen MR) is 60.6 cm³/mol. The maximum absolute atomic E-state index is 12.5. The molecule has 2 nitrogen and oxygen atoms in total. The van der Waals surface area contributed by atoms with Gasteiger partial charge in [-0.25, -0.2) is 4.39 Å². The van der Waals surface area contributed by atoms with Crippen LogP contribution in [-0.4, -0.2) is 37.0 Å². The molecule has 0 amide bonds. The summed E-state index contributed by atoms with van der Waals surface area (Å²) in [6.07, 6.45) is 1.47. The number of hydrogen-bond donors (Lipinski definition) is 0. The maximum Gasteiger partial charge on any atom is 0.196 e. The highest BCUT2D eigenvalue weighted by Crippen LogP contribution is 2.22. The van der Waals surface area contributed by atoms with E-state index in [0.717, 1.165) is 19.6 Å². The molecule has 0 saturated carbocycles. The van der Waals surface area contributed by atoms with Gasteiger partial charge < -0.3 is 4.74 Å². The Hall–Kier alpha value is -0.150. The molecule has 1 atom stereocenters. The van der Waals surface area contributed by atoms with Crippen LogP contribution >= 0.6 is 0 Å². The van der Waals surface area contributed by atoms with Gasteiger partial charge in [0.25, 0.3) is 0 Å². The molecule has 1 fully saturated rings. The van der Waals surface area contributed by atoms with Crippen molar-refractivity contribution in [1.29, 1.82) is 0 Å². The number of halogens is 1. The van der Waals surface area contributed by atoms with Crippen molar-refractivity contribution in [3.8, 4) is 0 Å². The van der Waals surface area contributed by atoms with Crippen molar-refractivity contribution in [2.24, 2.45) is 5.41 Å². The van der Waals surface area contributed by atoms with Gasteiger partial charge in [0.05, 0.1) is 6.10 Å². The lowest BCUT2D eigenvalue weighted by Crippen LogP contribution is -2.53. The molecule has 0 aromatic heterocycles. The first kappa shape index (κ1) is 12.9. The van der Waals surface area contributed by atoms with Crippen molar-refractivity contribution >= 4 is 0 Å². The first-order chi connectivity index (χ1) is 6.87. The maximum atomic E-state index is 12.5. The second-order valence-electron chi connectivity index (χ2n) is 5.72. The molecule has 1 heterocycles. The summed E-state index contributed by atoms with van der Waals surface area (Å²) in [5, 5.41) is 0. The van der Waals surface area contributed by atoms with Gasteiger partial charge in [-0.2, -0.15) is 0 Å². The Morgan fingerprint density at radius 2 is 2.00 bits per heavy atom. The second kappa shape index (κ2) is 5.26. The van der Waals surface area contributed by atoms with Crippen LogP contribution in [0.5, 0.6) is 0 Å². The number of likely N-dealkylation sites (tertiary alicyclic amines) is 1. The fourth-order valence-electron chi connectivity index (χ4n) is 1.89. The summed E-state index contributed by atoms with van der Waals surface area (Å²) in [6, 6.07) is 0. The molecule has 90 valence electrons. The van der Waals surface area contributed by atoms with Gasteiger partial charge in [-0.3, -0.25) is 4.90 Å². The van der Waals surface area contributed by atoms with Crippen LogP contribution in [0.2, 0.25) is 0 Å². The lowest BCUT2D eigenvalue weighted by molar-refractivity contribution is -0.130. The molecule has 0 radical (unpaired) electrons. The molecule has 0 aliphatic carbocycles. The van der Waals surface area contributed by atoms with E-state index in [4.69, 9.17) is 4.74 Å². The molecule has 3 heteroatoms. The first-order valence-corrected chi connectivity index (χ1v) is 5.89. The van der Waals surface area contributed by atoms with Gasteiger partial charge in [0.1, 0.15) is 0 Å². The van der Waals surface area contributed by atoms with Crippen LogP contribution in [0.4, 0.5) is 4.39 Å². The number of ether oxygens (including phenoxy) is 1. The Kier molecular flexibility index (Phi) is 4.53. The highest BCUT2D eigenvalue weighted by atomic mass is 19.1. The van der Waals surface area contributed by atoms with Crippen molar-refractivity contribution in [2.75, 3.05) is 19.6 Å². The quantitative estimate of drug-likeness (QED) is 0.702. The number of rotatable bonds is 5. The highest BCUT2D eigenvalue weighted by molar-refractivity contribution is 4.80. The van der Waals surface area contributed by atoms with E-state index in [1.54, 1.807) is 0 Å². The van der Waals surface area contributed by atoms with E-state index >= 15 is 0 Å². The summed E-state index contributed by atoms with van der Waals surface area (Å²) in [5.74, 6) is 0. The third kappa shape index (κ3) is 5.47. The summed E-state index contributed by atoms with van der Waals surface area (Å²) < 4.78 is 17.5. The molecule has 1 saturated heterocycles. The zero-order valence-corrected chi connectivity index (χ0v) is 10.4. The number of nitrogens with zero attached hydrogens (tertiary/aromatic N) is 1. The van der Waals surface area contributed by atoms with Crippen molar-refractivity contribution in [1.82, 2.24) is 4.90 Å². The summed E-state index contributed by atoms with van der Waals surface area (Å²) in [6.45, 7) is 11.2. The Balaban J connectivity index is 1.99. The minimum Gasteiger partial charge on any atom is -0.342 e. The lowest BCUT2D eigenvalue weighted by Gasteiger charge is -2.39. The van der Waals surface area contributed by atoms with E-state index in [2.05, 4.69) is 25.7 Å². The fraction of sp³-hybridized carbons (Fsp3) is 1.00. The third-order valence-electron chi connectivity index (χ3n) is 2.70. The van der Waals surface area contributed by atoms with Crippen LogP contribution in [-0.2, 0) is 4.74 Å². The van der Waals surface area contributed by atoms with Gasteiger partial charge in [0, 0.05) is 13.1 Å². The van der Waals surface area contributed by atoms with Gasteiger partial charge >= 0.3 is 0 Å². The molecule has 1 unspecified atom stereocenters. The summed E-state index contributed by atoms with van der Waals surface area (Å²) in [5.41, 5.74) is 0.425. The van der Waals surface area contributed by atoms with Crippen LogP contribution < -0.4 is 0 Å². The molecule has 0 bridgehead atoms. The Morgan fingerprint density at radius 3 is 2.47 bits per heavy atom. The first-order valence-electron chi connectivity index (χ1n) is 5.89. The largest absolute Gasteiger partial charge is 0.342 e. The van der Waals surface area contributed by atoms with Crippen LogP contribution in [0.3, 0.4) is 0 Å². The molecular weight excluding hydrogens is 193 g/mol. The number of alkyl halides is 1. The lowest BCUT2D eigenvalue weighted by atomic mass is 9.90. The van der Waals surface area contributed by atoms with Gasteiger partial charge in [0.15, 0.2) is 6.36 Å². The van der Waals surface area contributed by atoms with Crippen molar-refractivity contribution in [3.05, 3.63) is 0 Å². The predicted octanol–water partition coefficient (Wildman–Crippen LogP) is 2.83. The van der Waals surface area contributed by atoms with Gasteiger partial charge in [-0.1, -0.05) is 20.8 Å². The SMILES string of the molecule is CC(F)OC1CN(CCCC(C)(C)C)C1. The molecule has 0 N–H and O–H groups in total. The molecule has 0 aromatic carbocycles.